The number of carboxylic acids is 1. The summed E-state index contributed by atoms with van der Waals surface area (Å²) in [6, 6.07) is 2.41. The Balaban J connectivity index is 1.52. The Morgan fingerprint density at radius 1 is 1.00 bits per heavy atom. The van der Waals surface area contributed by atoms with Crippen LogP contribution in [-0.2, 0) is 59.7 Å². The van der Waals surface area contributed by atoms with Gasteiger partial charge in [0.05, 0.1) is 13.2 Å². The van der Waals surface area contributed by atoms with Gasteiger partial charge in [0.15, 0.2) is 6.10 Å². The van der Waals surface area contributed by atoms with Crippen LogP contribution >= 0.6 is 0 Å². The fourth-order valence-corrected chi connectivity index (χ4v) is 5.27. The monoisotopic (exact) mass is 761 g/mol. The molecule has 2 aliphatic heterocycles. The molecule has 52 heavy (non-hydrogen) atoms. The van der Waals surface area contributed by atoms with E-state index in [2.05, 4.69) is 10.6 Å². The Morgan fingerprint density at radius 3 is 2.33 bits per heavy atom. The minimum Gasteiger partial charge on any atom is -0.491 e. The van der Waals surface area contributed by atoms with Gasteiger partial charge < -0.3 is 54.7 Å². The lowest BCUT2D eigenvalue weighted by Gasteiger charge is -2.38. The molecule has 1 saturated heterocycles. The second-order valence-corrected chi connectivity index (χ2v) is 12.7. The highest BCUT2D eigenvalue weighted by Gasteiger charge is 2.48. The van der Waals surface area contributed by atoms with Crippen LogP contribution in [0.5, 0.6) is 11.5 Å². The van der Waals surface area contributed by atoms with E-state index in [4.69, 9.17) is 23.7 Å². The third kappa shape index (κ3) is 12.5. The number of hydrogen-bond donors (Lipinski definition) is 7. The van der Waals surface area contributed by atoms with Crippen molar-refractivity contribution in [2.24, 2.45) is 0 Å². The van der Waals surface area contributed by atoms with Gasteiger partial charge in [-0.2, -0.15) is 8.42 Å². The maximum absolute atomic E-state index is 12.6. The molecule has 7 N–H and O–H groups in total. The van der Waals surface area contributed by atoms with Gasteiger partial charge >= 0.3 is 11.9 Å². The Labute approximate surface area is 296 Å². The van der Waals surface area contributed by atoms with E-state index in [9.17, 15) is 62.2 Å². The fourth-order valence-electron chi connectivity index (χ4n) is 4.61. The molecular weight excluding hydrogens is 722 g/mol. The van der Waals surface area contributed by atoms with Gasteiger partial charge in [-0.25, -0.2) is 4.79 Å². The van der Waals surface area contributed by atoms with Gasteiger partial charge in [0.1, 0.15) is 54.8 Å². The van der Waals surface area contributed by atoms with Crippen molar-refractivity contribution in [3.63, 3.8) is 0 Å². The number of carboxylic acid groups (broad SMARTS) is 1. The predicted molar refractivity (Wildman–Crippen MR) is 170 cm³/mol. The number of carbonyl (C=O) groups excluding carboxylic acids is 5. The van der Waals surface area contributed by atoms with E-state index in [1.54, 1.807) is 6.92 Å². The molecule has 0 spiro atoms. The van der Waals surface area contributed by atoms with Crippen molar-refractivity contribution in [3.8, 4) is 11.5 Å². The summed E-state index contributed by atoms with van der Waals surface area (Å²) < 4.78 is 59.1. The lowest BCUT2D eigenvalue weighted by molar-refractivity contribution is -0.271. The number of nitrogens with zero attached hydrogens (tertiary/aromatic N) is 1. The number of esters is 1. The highest BCUT2D eigenvalue weighted by molar-refractivity contribution is 7.85. The summed E-state index contributed by atoms with van der Waals surface area (Å²) in [6.45, 7) is 0.537. The molecule has 0 radical (unpaired) electrons. The van der Waals surface area contributed by atoms with Crippen LogP contribution in [0.15, 0.2) is 30.4 Å². The zero-order chi connectivity index (χ0) is 38.6. The SMILES string of the molecule is CCC(=O)OCc1ccc(O[C@@H]2O[C@H](C(=O)O)[C@@H](O)[C@H](O)[C@H]2O)cc1OCCOCCNC(=O)[C@H](CS(=O)(=O)O)NC(=O)CCN1C(=O)C=CC1=O. The zero-order valence-corrected chi connectivity index (χ0v) is 28.4. The first-order chi connectivity index (χ1) is 24.5. The van der Waals surface area contributed by atoms with Crippen molar-refractivity contribution < 1.29 is 85.8 Å². The summed E-state index contributed by atoms with van der Waals surface area (Å²) in [5.41, 5.74) is 0.368. The summed E-state index contributed by atoms with van der Waals surface area (Å²) in [5.74, 6) is -6.30. The van der Waals surface area contributed by atoms with Crippen LogP contribution in [0.25, 0.3) is 0 Å². The molecule has 0 unspecified atom stereocenters. The quantitative estimate of drug-likeness (QED) is 0.0295. The minimum atomic E-state index is -4.72. The van der Waals surface area contributed by atoms with Crippen molar-refractivity contribution in [1.82, 2.24) is 15.5 Å². The van der Waals surface area contributed by atoms with Crippen LogP contribution < -0.4 is 20.1 Å². The molecule has 6 atom stereocenters. The van der Waals surface area contributed by atoms with E-state index < -0.39 is 94.6 Å². The zero-order valence-electron chi connectivity index (χ0n) is 27.6. The van der Waals surface area contributed by atoms with E-state index >= 15 is 0 Å². The van der Waals surface area contributed by atoms with Crippen LogP contribution in [0.3, 0.4) is 0 Å². The molecule has 1 aromatic carbocycles. The first-order valence-corrected chi connectivity index (χ1v) is 17.3. The highest BCUT2D eigenvalue weighted by atomic mass is 32.2. The van der Waals surface area contributed by atoms with Crippen LogP contribution in [-0.4, -0.2) is 149 Å². The average molecular weight is 762 g/mol. The van der Waals surface area contributed by atoms with Crippen LogP contribution in [0.4, 0.5) is 0 Å². The fraction of sp³-hybridized carbons (Fsp3) is 0.533. The van der Waals surface area contributed by atoms with E-state index in [0.717, 1.165) is 17.1 Å². The predicted octanol–water partition coefficient (Wildman–Crippen LogP) is -3.39. The van der Waals surface area contributed by atoms with Gasteiger partial charge in [0.25, 0.3) is 21.9 Å². The van der Waals surface area contributed by atoms with Gasteiger partial charge in [0, 0.05) is 49.7 Å². The molecule has 0 aromatic heterocycles. The minimum absolute atomic E-state index is 0.0254. The van der Waals surface area contributed by atoms with Crippen molar-refractivity contribution in [2.75, 3.05) is 38.7 Å². The number of amides is 4. The van der Waals surface area contributed by atoms with E-state index in [-0.39, 0.29) is 57.4 Å². The second-order valence-electron chi connectivity index (χ2n) is 11.2. The molecule has 22 heteroatoms. The van der Waals surface area contributed by atoms with Gasteiger partial charge in [-0.05, 0) is 12.1 Å². The number of rotatable bonds is 20. The number of aliphatic carboxylic acids is 1. The summed E-state index contributed by atoms with van der Waals surface area (Å²) in [5, 5.41) is 44.0. The largest absolute Gasteiger partial charge is 0.491 e. The number of aliphatic hydroxyl groups excluding tert-OH is 3. The number of imide groups is 1. The van der Waals surface area contributed by atoms with Gasteiger partial charge in [-0.1, -0.05) is 6.92 Å². The molecule has 2 heterocycles. The molecule has 21 nitrogen and oxygen atoms in total. The smallest absolute Gasteiger partial charge is 0.335 e. The first-order valence-electron chi connectivity index (χ1n) is 15.6. The van der Waals surface area contributed by atoms with Gasteiger partial charge in [-0.3, -0.25) is 33.4 Å². The molecule has 1 fully saturated rings. The Bertz CT molecular complexity index is 1600. The summed E-state index contributed by atoms with van der Waals surface area (Å²) >= 11 is 0. The average Bonchev–Trinajstić information content (AvgIpc) is 3.41. The molecular formula is C30H39N3O18S. The highest BCUT2D eigenvalue weighted by Crippen LogP contribution is 2.30. The number of hydrogen-bond acceptors (Lipinski definition) is 16. The number of carbonyl (C=O) groups is 6. The van der Waals surface area contributed by atoms with Crippen molar-refractivity contribution in [1.29, 1.82) is 0 Å². The normalized spacial score (nSPS) is 22.1. The molecule has 4 amide bonds. The first kappa shape index (κ1) is 41.7. The molecule has 0 bridgehead atoms. The third-order valence-corrected chi connectivity index (χ3v) is 8.06. The number of nitrogens with one attached hydrogen (secondary N) is 2. The summed E-state index contributed by atoms with van der Waals surface area (Å²) in [6.07, 6.45) is -7.57. The topological polar surface area (TPSA) is 311 Å². The third-order valence-electron chi connectivity index (χ3n) is 7.30. The molecule has 2 aliphatic rings. The van der Waals surface area contributed by atoms with Crippen molar-refractivity contribution >= 4 is 45.7 Å². The molecule has 1 aromatic rings. The summed E-state index contributed by atoms with van der Waals surface area (Å²) in [4.78, 5) is 72.1. The number of aliphatic hydroxyl groups is 3. The number of ether oxygens (including phenoxy) is 5. The molecule has 0 aliphatic carbocycles. The van der Waals surface area contributed by atoms with E-state index in [1.165, 1.54) is 18.2 Å². The number of benzene rings is 1. The lowest BCUT2D eigenvalue weighted by Crippen LogP contribution is -2.61. The van der Waals surface area contributed by atoms with Gasteiger partial charge in [0.2, 0.25) is 18.1 Å². The standard InChI is InChI=1S/C30H39N3O18S/c1-2-23(37)49-14-16-3-4-17(50-30-26(40)24(38)25(39)27(51-30)29(42)43)13-19(16)48-12-11-47-10-8-31-28(41)18(15-52(44,45)46)32-20(34)7-9-33-21(35)5-6-22(33)36/h3-6,13,18,24-27,30,38-40H,2,7-12,14-15H2,1H3,(H,31,41)(H,32,34)(H,42,43)(H,44,45,46)/t18-,24-,25-,26+,27-,30+/m0/s1. The van der Waals surface area contributed by atoms with Crippen LogP contribution in [0.2, 0.25) is 0 Å². The van der Waals surface area contributed by atoms with E-state index in [1.807, 2.05) is 0 Å². The Kier molecular flexibility index (Phi) is 15.4. The lowest BCUT2D eigenvalue weighted by atomic mass is 9.99. The van der Waals surface area contributed by atoms with Crippen molar-refractivity contribution in [2.45, 2.75) is 63.1 Å². The maximum Gasteiger partial charge on any atom is 0.335 e. The Hall–Kier alpha value is -4.71. The van der Waals surface area contributed by atoms with Gasteiger partial charge in [-0.15, -0.1) is 0 Å². The maximum atomic E-state index is 12.6. The molecule has 3 rings (SSSR count). The van der Waals surface area contributed by atoms with Crippen LogP contribution in [0.1, 0.15) is 25.3 Å². The van der Waals surface area contributed by atoms with Crippen LogP contribution in [0, 0.1) is 0 Å². The van der Waals surface area contributed by atoms with Crippen molar-refractivity contribution in [3.05, 3.63) is 35.9 Å². The Morgan fingerprint density at radius 2 is 1.69 bits per heavy atom. The molecule has 0 saturated carbocycles. The van der Waals surface area contributed by atoms with E-state index in [0.29, 0.717) is 5.56 Å². The second kappa shape index (κ2) is 19.2. The molecule has 288 valence electrons. The summed E-state index contributed by atoms with van der Waals surface area (Å²) in [7, 11) is -4.72.